The zero-order valence-electron chi connectivity index (χ0n) is 15.8. The van der Waals surface area contributed by atoms with Crippen LogP contribution >= 0.6 is 0 Å². The van der Waals surface area contributed by atoms with E-state index >= 15 is 0 Å². The highest BCUT2D eigenvalue weighted by Crippen LogP contribution is 2.30. The standard InChI is InChI=1S/C22H27N3O2/c1-16-9-11-18(12-10-16)23-22(27)21-19-8-5-13-24(19)15-20(26)25(21)14-17-6-3-2-4-7-17/h2-8,13,16,18,21H,9-12,14-15H2,1H3,(H,23,27). The number of carbonyl (C=O) groups excluding carboxylic acids is 2. The number of hydrogen-bond acceptors (Lipinski definition) is 2. The summed E-state index contributed by atoms with van der Waals surface area (Å²) in [5.41, 5.74) is 1.93. The lowest BCUT2D eigenvalue weighted by Gasteiger charge is -2.37. The molecule has 2 amide bonds. The van der Waals surface area contributed by atoms with Crippen LogP contribution < -0.4 is 5.32 Å². The van der Waals surface area contributed by atoms with Crippen molar-refractivity contribution in [1.29, 1.82) is 0 Å². The first-order valence-electron chi connectivity index (χ1n) is 9.90. The van der Waals surface area contributed by atoms with Gasteiger partial charge >= 0.3 is 0 Å². The summed E-state index contributed by atoms with van der Waals surface area (Å²) in [7, 11) is 0. The predicted molar refractivity (Wildman–Crippen MR) is 104 cm³/mol. The second-order valence-corrected chi connectivity index (χ2v) is 7.94. The number of aromatic nitrogens is 1. The minimum Gasteiger partial charge on any atom is -0.351 e. The molecule has 5 nitrogen and oxygen atoms in total. The van der Waals surface area contributed by atoms with E-state index in [4.69, 9.17) is 0 Å². The van der Waals surface area contributed by atoms with E-state index in [0.29, 0.717) is 13.1 Å². The maximum atomic E-state index is 13.2. The molecule has 0 radical (unpaired) electrons. The molecule has 4 rings (SSSR count). The SMILES string of the molecule is CC1CCC(NC(=O)C2c3cccn3CC(=O)N2Cc2ccccc2)CC1. The van der Waals surface area contributed by atoms with Crippen LogP contribution in [0.5, 0.6) is 0 Å². The average molecular weight is 365 g/mol. The first-order chi connectivity index (χ1) is 13.1. The second kappa shape index (κ2) is 7.59. The molecule has 0 saturated heterocycles. The predicted octanol–water partition coefficient (Wildman–Crippen LogP) is 3.27. The monoisotopic (exact) mass is 365 g/mol. The number of fused-ring (bicyclic) bond motifs is 1. The van der Waals surface area contributed by atoms with Crippen LogP contribution in [0, 0.1) is 5.92 Å². The van der Waals surface area contributed by atoms with E-state index in [2.05, 4.69) is 12.2 Å². The van der Waals surface area contributed by atoms with Gasteiger partial charge in [-0.2, -0.15) is 0 Å². The van der Waals surface area contributed by atoms with Gasteiger partial charge in [0.25, 0.3) is 0 Å². The van der Waals surface area contributed by atoms with Gasteiger partial charge in [0, 0.05) is 18.8 Å². The fourth-order valence-corrected chi connectivity index (χ4v) is 4.28. The largest absolute Gasteiger partial charge is 0.351 e. The van der Waals surface area contributed by atoms with Crippen molar-refractivity contribution in [3.8, 4) is 0 Å². The quantitative estimate of drug-likeness (QED) is 0.904. The molecule has 1 aliphatic heterocycles. The van der Waals surface area contributed by atoms with Gasteiger partial charge in [0.2, 0.25) is 11.8 Å². The Morgan fingerprint density at radius 3 is 2.56 bits per heavy atom. The highest BCUT2D eigenvalue weighted by atomic mass is 16.2. The molecule has 1 fully saturated rings. The molecule has 1 unspecified atom stereocenters. The van der Waals surface area contributed by atoms with Gasteiger partial charge in [-0.3, -0.25) is 9.59 Å². The third-order valence-electron chi connectivity index (χ3n) is 5.89. The molecular weight excluding hydrogens is 338 g/mol. The van der Waals surface area contributed by atoms with Gasteiger partial charge in [0.15, 0.2) is 6.04 Å². The topological polar surface area (TPSA) is 54.3 Å². The van der Waals surface area contributed by atoms with Crippen molar-refractivity contribution in [2.45, 2.75) is 57.8 Å². The van der Waals surface area contributed by atoms with Crippen molar-refractivity contribution >= 4 is 11.8 Å². The van der Waals surface area contributed by atoms with E-state index in [9.17, 15) is 9.59 Å². The Hall–Kier alpha value is -2.56. The fourth-order valence-electron chi connectivity index (χ4n) is 4.28. The molecule has 1 aromatic carbocycles. The van der Waals surface area contributed by atoms with E-state index in [1.165, 1.54) is 0 Å². The maximum absolute atomic E-state index is 13.2. The summed E-state index contributed by atoms with van der Waals surface area (Å²) in [4.78, 5) is 27.8. The summed E-state index contributed by atoms with van der Waals surface area (Å²) in [6, 6.07) is 13.4. The number of nitrogens with zero attached hydrogens (tertiary/aromatic N) is 2. The number of nitrogens with one attached hydrogen (secondary N) is 1. The molecule has 1 saturated carbocycles. The molecular formula is C22H27N3O2. The zero-order chi connectivity index (χ0) is 18.8. The number of benzene rings is 1. The van der Waals surface area contributed by atoms with Crippen LogP contribution in [0.25, 0.3) is 0 Å². The normalized spacial score (nSPS) is 25.1. The molecule has 1 atom stereocenters. The van der Waals surface area contributed by atoms with Crippen LogP contribution in [0.1, 0.15) is 49.9 Å². The first kappa shape index (κ1) is 17.8. The lowest BCUT2D eigenvalue weighted by molar-refractivity contribution is -0.144. The summed E-state index contributed by atoms with van der Waals surface area (Å²) in [5, 5.41) is 3.23. The van der Waals surface area contributed by atoms with Crippen molar-refractivity contribution in [2.24, 2.45) is 5.92 Å². The zero-order valence-corrected chi connectivity index (χ0v) is 15.8. The fraction of sp³-hybridized carbons (Fsp3) is 0.455. The number of hydrogen-bond donors (Lipinski definition) is 1. The summed E-state index contributed by atoms with van der Waals surface area (Å²) in [6.07, 6.45) is 6.23. The molecule has 5 heteroatoms. The maximum Gasteiger partial charge on any atom is 0.249 e. The van der Waals surface area contributed by atoms with Gasteiger partial charge in [-0.25, -0.2) is 0 Å². The van der Waals surface area contributed by atoms with Crippen LogP contribution in [0.15, 0.2) is 48.7 Å². The van der Waals surface area contributed by atoms with E-state index < -0.39 is 6.04 Å². The molecule has 0 bridgehead atoms. The lowest BCUT2D eigenvalue weighted by Crippen LogP contribution is -2.50. The van der Waals surface area contributed by atoms with Crippen molar-refractivity contribution in [3.63, 3.8) is 0 Å². The Bertz CT molecular complexity index is 806. The second-order valence-electron chi connectivity index (χ2n) is 7.94. The van der Waals surface area contributed by atoms with Crippen LogP contribution in [-0.4, -0.2) is 27.3 Å². The average Bonchev–Trinajstić information content (AvgIpc) is 3.12. The van der Waals surface area contributed by atoms with Crippen molar-refractivity contribution in [1.82, 2.24) is 14.8 Å². The first-order valence-corrected chi connectivity index (χ1v) is 9.90. The Morgan fingerprint density at radius 2 is 1.81 bits per heavy atom. The minimum absolute atomic E-state index is 0.0139. The van der Waals surface area contributed by atoms with E-state index in [1.54, 1.807) is 4.90 Å². The van der Waals surface area contributed by atoms with Crippen molar-refractivity contribution in [2.75, 3.05) is 0 Å². The third-order valence-corrected chi connectivity index (χ3v) is 5.89. The number of amides is 2. The number of rotatable bonds is 4. The Kier molecular flexibility index (Phi) is 5.01. The lowest BCUT2D eigenvalue weighted by atomic mass is 9.87. The smallest absolute Gasteiger partial charge is 0.249 e. The van der Waals surface area contributed by atoms with E-state index in [1.807, 2.05) is 53.2 Å². The molecule has 142 valence electrons. The van der Waals surface area contributed by atoms with Gasteiger partial charge < -0.3 is 14.8 Å². The van der Waals surface area contributed by atoms with E-state index in [-0.39, 0.29) is 17.9 Å². The van der Waals surface area contributed by atoms with Gasteiger partial charge in [-0.1, -0.05) is 37.3 Å². The van der Waals surface area contributed by atoms with Crippen LogP contribution in [0.3, 0.4) is 0 Å². The molecule has 1 N–H and O–H groups in total. The van der Waals surface area contributed by atoms with Gasteiger partial charge in [0.1, 0.15) is 6.54 Å². The highest BCUT2D eigenvalue weighted by Gasteiger charge is 2.38. The van der Waals surface area contributed by atoms with Crippen LogP contribution in [-0.2, 0) is 22.7 Å². The summed E-state index contributed by atoms with van der Waals surface area (Å²) < 4.78 is 1.90. The van der Waals surface area contributed by atoms with Gasteiger partial charge in [-0.15, -0.1) is 0 Å². The van der Waals surface area contributed by atoms with Crippen molar-refractivity contribution < 1.29 is 9.59 Å². The molecule has 1 aliphatic carbocycles. The number of carbonyl (C=O) groups is 2. The Labute approximate surface area is 160 Å². The molecule has 2 aromatic rings. The van der Waals surface area contributed by atoms with Crippen LogP contribution in [0.2, 0.25) is 0 Å². The molecule has 1 aromatic heterocycles. The van der Waals surface area contributed by atoms with Gasteiger partial charge in [-0.05, 0) is 49.3 Å². The molecule has 0 spiro atoms. The summed E-state index contributed by atoms with van der Waals surface area (Å²) in [6.45, 7) is 3.01. The van der Waals surface area contributed by atoms with Crippen LogP contribution in [0.4, 0.5) is 0 Å². The Balaban J connectivity index is 1.57. The van der Waals surface area contributed by atoms with Crippen molar-refractivity contribution in [3.05, 3.63) is 59.9 Å². The minimum atomic E-state index is -0.569. The molecule has 2 heterocycles. The molecule has 2 aliphatic rings. The molecule has 27 heavy (non-hydrogen) atoms. The van der Waals surface area contributed by atoms with E-state index in [0.717, 1.165) is 42.9 Å². The third kappa shape index (κ3) is 3.77. The highest BCUT2D eigenvalue weighted by molar-refractivity contribution is 5.90. The Morgan fingerprint density at radius 1 is 1.07 bits per heavy atom. The summed E-state index contributed by atoms with van der Waals surface area (Å²) in [5.74, 6) is 0.666. The van der Waals surface area contributed by atoms with Gasteiger partial charge in [0.05, 0.1) is 5.69 Å². The summed E-state index contributed by atoms with van der Waals surface area (Å²) >= 11 is 0.